The molecular formula is C40H45N5O11S2. The minimum Gasteiger partial charge on any atom is -0.497 e. The Hall–Kier alpha value is -5.95. The number of urea groups is 1. The largest absolute Gasteiger partial charge is 0.497 e. The molecule has 0 unspecified atom stereocenters. The van der Waals surface area contributed by atoms with Crippen molar-refractivity contribution in [1.29, 1.82) is 0 Å². The highest BCUT2D eigenvalue weighted by molar-refractivity contribution is 8.09. The van der Waals surface area contributed by atoms with E-state index in [1.54, 1.807) is 67.9 Å². The lowest BCUT2D eigenvalue weighted by molar-refractivity contribution is 0.0810. The van der Waals surface area contributed by atoms with Crippen molar-refractivity contribution in [2.24, 2.45) is 0 Å². The molecule has 1 aromatic heterocycles. The molecule has 0 radical (unpaired) electrons. The molecule has 0 aliphatic rings. The number of carboxylic acid groups (broad SMARTS) is 1. The zero-order valence-corrected chi connectivity index (χ0v) is 34.3. The van der Waals surface area contributed by atoms with E-state index in [2.05, 4.69) is 25.7 Å². The van der Waals surface area contributed by atoms with Gasteiger partial charge in [-0.1, -0.05) is 45.0 Å². The van der Waals surface area contributed by atoms with Gasteiger partial charge >= 0.3 is 11.3 Å². The maximum absolute atomic E-state index is 13.5. The number of hydrogen-bond acceptors (Lipinski definition) is 13. The lowest BCUT2D eigenvalue weighted by atomic mass is 9.86. The summed E-state index contributed by atoms with van der Waals surface area (Å²) < 4.78 is 60.3. The summed E-state index contributed by atoms with van der Waals surface area (Å²) in [6.45, 7) is 6.76. The van der Waals surface area contributed by atoms with Crippen molar-refractivity contribution < 1.29 is 51.0 Å². The molecule has 308 valence electrons. The second-order valence-electron chi connectivity index (χ2n) is 13.6. The number of nitrogens with one attached hydrogen (secondary N) is 4. The molecule has 0 aliphatic carbocycles. The lowest BCUT2D eigenvalue weighted by Crippen LogP contribution is -2.22. The standard InChI is InChI=1S/C40H45N5O11S2/c1-40(2,3)25-19-33(37(52-5)34(20-25)45-58(6,49)50)44-38(46)43-32-11-12-35(31-10-8-7-9-30(31)32)56-27-13-14-41-36(24-27)42-26-21-28(51-4)23-29(22-26)54-17-15-53-16-18-55-57-39(47)48/h7-14,19-24,45H,15-18H2,1-6H3,(H,41,42)(H,47,48)(H2,43,44,46). The number of methoxy groups -OCH3 is 2. The molecule has 5 N–H and O–H groups in total. The van der Waals surface area contributed by atoms with Crippen molar-refractivity contribution >= 4 is 72.7 Å². The van der Waals surface area contributed by atoms with Crippen LogP contribution in [0.4, 0.5) is 38.2 Å². The Morgan fingerprint density at radius 1 is 0.793 bits per heavy atom. The number of benzene rings is 4. The first kappa shape index (κ1) is 43.2. The Balaban J connectivity index is 1.28. The Morgan fingerprint density at radius 3 is 2.21 bits per heavy atom. The van der Waals surface area contributed by atoms with Crippen molar-refractivity contribution in [2.45, 2.75) is 26.2 Å². The van der Waals surface area contributed by atoms with Gasteiger partial charge in [0.1, 0.15) is 47.5 Å². The van der Waals surface area contributed by atoms with Crippen molar-refractivity contribution in [3.8, 4) is 28.7 Å². The highest BCUT2D eigenvalue weighted by atomic mass is 32.2. The van der Waals surface area contributed by atoms with Gasteiger partial charge in [-0.05, 0) is 41.3 Å². The van der Waals surface area contributed by atoms with Crippen LogP contribution in [0.1, 0.15) is 26.3 Å². The van der Waals surface area contributed by atoms with Crippen LogP contribution in [0, 0.1) is 0 Å². The smallest absolute Gasteiger partial charge is 0.392 e. The molecule has 16 nitrogen and oxygen atoms in total. The lowest BCUT2D eigenvalue weighted by Gasteiger charge is -2.24. The van der Waals surface area contributed by atoms with Gasteiger partial charge < -0.3 is 48.9 Å². The summed E-state index contributed by atoms with van der Waals surface area (Å²) >= 11 is 0.346. The van der Waals surface area contributed by atoms with Gasteiger partial charge in [-0.15, -0.1) is 0 Å². The predicted octanol–water partition coefficient (Wildman–Crippen LogP) is 8.84. The van der Waals surface area contributed by atoms with Crippen molar-refractivity contribution in [2.75, 3.05) is 67.6 Å². The molecular weight excluding hydrogens is 791 g/mol. The Bertz CT molecular complexity index is 2350. The van der Waals surface area contributed by atoms with Crippen molar-refractivity contribution in [1.82, 2.24) is 4.98 Å². The van der Waals surface area contributed by atoms with E-state index >= 15 is 0 Å². The molecule has 0 spiro atoms. The average Bonchev–Trinajstić information content (AvgIpc) is 3.15. The van der Waals surface area contributed by atoms with Gasteiger partial charge in [-0.2, -0.15) is 0 Å². The Kier molecular flexibility index (Phi) is 14.5. The van der Waals surface area contributed by atoms with Crippen LogP contribution in [0.15, 0.2) is 85.1 Å². The third kappa shape index (κ3) is 12.5. The number of ether oxygens (including phenoxy) is 5. The number of carbonyl (C=O) groups is 2. The van der Waals surface area contributed by atoms with E-state index in [4.69, 9.17) is 33.0 Å². The number of carbonyl (C=O) groups excluding carboxylic acids is 1. The van der Waals surface area contributed by atoms with Gasteiger partial charge in [0.15, 0.2) is 5.75 Å². The number of amides is 2. The SMILES string of the molecule is COc1cc(Nc2cc(Oc3ccc(NC(=O)Nc4cc(C(C)(C)C)cc(NS(C)(=O)=O)c4OC)c4ccccc34)ccn2)cc(OCCOCCOSC(=O)O)c1. The van der Waals surface area contributed by atoms with Crippen LogP contribution in [0.2, 0.25) is 0 Å². The van der Waals surface area contributed by atoms with Gasteiger partial charge in [0.25, 0.3) is 0 Å². The highest BCUT2D eigenvalue weighted by Gasteiger charge is 2.23. The van der Waals surface area contributed by atoms with Crippen LogP contribution in [0.5, 0.6) is 28.7 Å². The quantitative estimate of drug-likeness (QED) is 0.0413. The molecule has 18 heteroatoms. The van der Waals surface area contributed by atoms with Crippen LogP contribution < -0.4 is 39.6 Å². The molecule has 0 atom stereocenters. The summed E-state index contributed by atoms with van der Waals surface area (Å²) in [5, 5.41) is 17.9. The van der Waals surface area contributed by atoms with E-state index in [1.165, 1.54) is 7.11 Å². The van der Waals surface area contributed by atoms with Gasteiger partial charge in [0.05, 0.1) is 57.4 Å². The molecule has 58 heavy (non-hydrogen) atoms. The first-order valence-corrected chi connectivity index (χ1v) is 20.4. The zero-order valence-electron chi connectivity index (χ0n) is 32.7. The Morgan fingerprint density at radius 2 is 1.50 bits per heavy atom. The third-order valence-corrected chi connectivity index (χ3v) is 9.14. The van der Waals surface area contributed by atoms with Gasteiger partial charge in [0, 0.05) is 46.9 Å². The number of fused-ring (bicyclic) bond motifs is 1. The molecule has 0 saturated heterocycles. The fourth-order valence-electron chi connectivity index (χ4n) is 5.56. The third-order valence-electron chi connectivity index (χ3n) is 8.12. The first-order valence-electron chi connectivity index (χ1n) is 17.7. The van der Waals surface area contributed by atoms with E-state index in [1.807, 2.05) is 45.0 Å². The summed E-state index contributed by atoms with van der Waals surface area (Å²) in [5.74, 6) is 2.74. The number of anilines is 5. The molecule has 0 bridgehead atoms. The summed E-state index contributed by atoms with van der Waals surface area (Å²) in [6.07, 6.45) is 2.65. The highest BCUT2D eigenvalue weighted by Crippen LogP contribution is 2.40. The molecule has 4 aromatic carbocycles. The molecule has 0 fully saturated rings. The van der Waals surface area contributed by atoms with Crippen LogP contribution in [-0.2, 0) is 24.4 Å². The fourth-order valence-corrected chi connectivity index (χ4v) is 6.37. The molecule has 1 heterocycles. The van der Waals surface area contributed by atoms with Gasteiger partial charge in [-0.25, -0.2) is 23.0 Å². The zero-order chi connectivity index (χ0) is 41.9. The van der Waals surface area contributed by atoms with E-state index in [0.29, 0.717) is 57.6 Å². The van der Waals surface area contributed by atoms with Gasteiger partial charge in [0.2, 0.25) is 10.0 Å². The maximum Gasteiger partial charge on any atom is 0.392 e. The van der Waals surface area contributed by atoms with Crippen LogP contribution >= 0.6 is 12.0 Å². The molecule has 0 aliphatic heterocycles. The average molecular weight is 836 g/mol. The van der Waals surface area contributed by atoms with Crippen molar-refractivity contribution in [3.63, 3.8) is 0 Å². The number of hydrogen-bond donors (Lipinski definition) is 5. The minimum atomic E-state index is -3.65. The van der Waals surface area contributed by atoms with E-state index in [0.717, 1.165) is 17.2 Å². The van der Waals surface area contributed by atoms with E-state index in [9.17, 15) is 18.0 Å². The summed E-state index contributed by atoms with van der Waals surface area (Å²) in [5.41, 5.74) is 2.03. The van der Waals surface area contributed by atoms with E-state index < -0.39 is 21.4 Å². The van der Waals surface area contributed by atoms with Crippen LogP contribution in [0.3, 0.4) is 0 Å². The predicted molar refractivity (Wildman–Crippen MR) is 225 cm³/mol. The topological polar surface area (TPSA) is 205 Å². The fraction of sp³-hybridized carbons (Fsp3) is 0.275. The second-order valence-corrected chi connectivity index (χ2v) is 16.1. The first-order chi connectivity index (χ1) is 27.6. The summed E-state index contributed by atoms with van der Waals surface area (Å²) in [4.78, 5) is 28.4. The maximum atomic E-state index is 13.5. The summed E-state index contributed by atoms with van der Waals surface area (Å²) in [6, 6.07) is 22.5. The number of sulfonamides is 1. The Labute approximate surface area is 340 Å². The number of nitrogens with zero attached hydrogens (tertiary/aromatic N) is 1. The molecule has 5 aromatic rings. The van der Waals surface area contributed by atoms with Crippen molar-refractivity contribution in [3.05, 3.63) is 90.6 Å². The molecule has 5 rings (SSSR count). The second kappa shape index (κ2) is 19.5. The number of rotatable bonds is 18. The van der Waals surface area contributed by atoms with Gasteiger partial charge in [-0.3, -0.25) is 4.72 Å². The molecule has 0 saturated carbocycles. The normalized spacial score (nSPS) is 11.4. The monoisotopic (exact) mass is 835 g/mol. The van der Waals surface area contributed by atoms with E-state index in [-0.39, 0.29) is 49.0 Å². The molecule has 2 amide bonds. The minimum absolute atomic E-state index is 0.125. The summed E-state index contributed by atoms with van der Waals surface area (Å²) in [7, 11) is -0.705. The van der Waals surface area contributed by atoms with Crippen LogP contribution in [-0.4, -0.2) is 76.7 Å². The number of pyridine rings is 1. The van der Waals surface area contributed by atoms with Crippen LogP contribution in [0.25, 0.3) is 10.8 Å². The number of aromatic nitrogens is 1.